The van der Waals surface area contributed by atoms with Crippen LogP contribution in [0.4, 0.5) is 10.7 Å². The van der Waals surface area contributed by atoms with E-state index in [0.717, 1.165) is 42.2 Å². The van der Waals surface area contributed by atoms with Crippen LogP contribution in [0.5, 0.6) is 0 Å². The van der Waals surface area contributed by atoms with Crippen LogP contribution in [0, 0.1) is 21.4 Å². The van der Waals surface area contributed by atoms with Crippen molar-refractivity contribution >= 4 is 45.5 Å². The molecule has 0 bridgehead atoms. The Labute approximate surface area is 168 Å². The van der Waals surface area contributed by atoms with E-state index in [9.17, 15) is 25.0 Å². The Balaban J connectivity index is 1.64. The maximum absolute atomic E-state index is 12.1. The van der Waals surface area contributed by atoms with Crippen LogP contribution in [-0.4, -0.2) is 23.4 Å². The SMILES string of the molecule is N#Cc1c(NC(=O)COC(=O)c2ccc(Cl)c([N+](=O)[O-])c2)sc2c1CCCC2. The second kappa shape index (κ2) is 8.37. The maximum atomic E-state index is 12.1. The molecule has 8 nitrogen and oxygen atoms in total. The summed E-state index contributed by atoms with van der Waals surface area (Å²) in [6, 6.07) is 5.61. The van der Waals surface area contributed by atoms with Crippen LogP contribution >= 0.6 is 22.9 Å². The molecule has 1 amide bonds. The van der Waals surface area contributed by atoms with E-state index in [0.29, 0.717) is 10.6 Å². The van der Waals surface area contributed by atoms with Gasteiger partial charge in [0.15, 0.2) is 6.61 Å². The number of carbonyl (C=O) groups excluding carboxylic acids is 2. The van der Waals surface area contributed by atoms with Crippen molar-refractivity contribution in [3.05, 3.63) is 54.9 Å². The number of nitrogens with one attached hydrogen (secondary N) is 1. The van der Waals surface area contributed by atoms with Gasteiger partial charge in [-0.15, -0.1) is 11.3 Å². The lowest BCUT2D eigenvalue weighted by Crippen LogP contribution is -2.21. The van der Waals surface area contributed by atoms with Crippen LogP contribution in [0.1, 0.15) is 39.2 Å². The summed E-state index contributed by atoms with van der Waals surface area (Å²) in [7, 11) is 0. The summed E-state index contributed by atoms with van der Waals surface area (Å²) >= 11 is 7.07. The summed E-state index contributed by atoms with van der Waals surface area (Å²) in [6.07, 6.45) is 3.76. The van der Waals surface area contributed by atoms with Gasteiger partial charge in [-0.3, -0.25) is 14.9 Å². The molecule has 0 unspecified atom stereocenters. The standard InChI is InChI=1S/C18H14ClN3O5S/c19-13-6-5-10(7-14(13)22(25)26)18(24)27-9-16(23)21-17-12(8-20)11-3-1-2-4-15(11)28-17/h5-7H,1-4,9H2,(H,21,23). The highest BCUT2D eigenvalue weighted by molar-refractivity contribution is 7.16. The number of hydrogen-bond donors (Lipinski definition) is 1. The first kappa shape index (κ1) is 19.8. The zero-order valence-electron chi connectivity index (χ0n) is 14.5. The quantitative estimate of drug-likeness (QED) is 0.446. The molecule has 1 aromatic heterocycles. The topological polar surface area (TPSA) is 122 Å². The molecular weight excluding hydrogens is 406 g/mol. The third-order valence-corrected chi connectivity index (χ3v) is 5.78. The van der Waals surface area contributed by atoms with Gasteiger partial charge in [0, 0.05) is 10.9 Å². The van der Waals surface area contributed by atoms with E-state index in [4.69, 9.17) is 16.3 Å². The Hall–Kier alpha value is -2.96. The monoisotopic (exact) mass is 419 g/mol. The average Bonchev–Trinajstić information content (AvgIpc) is 3.03. The number of aryl methyl sites for hydroxylation is 1. The number of fused-ring (bicyclic) bond motifs is 1. The molecule has 0 fully saturated rings. The first-order chi connectivity index (χ1) is 13.4. The highest BCUT2D eigenvalue weighted by Crippen LogP contribution is 2.37. The van der Waals surface area contributed by atoms with Gasteiger partial charge in [-0.2, -0.15) is 5.26 Å². The summed E-state index contributed by atoms with van der Waals surface area (Å²) in [4.78, 5) is 35.5. The molecule has 0 spiro atoms. The molecule has 1 heterocycles. The lowest BCUT2D eigenvalue weighted by Gasteiger charge is -2.09. The van der Waals surface area contributed by atoms with Gasteiger partial charge in [0.25, 0.3) is 11.6 Å². The number of nitrogens with zero attached hydrogens (tertiary/aromatic N) is 2. The van der Waals surface area contributed by atoms with Crippen LogP contribution in [0.3, 0.4) is 0 Å². The molecule has 1 aliphatic rings. The molecule has 1 aromatic carbocycles. The van der Waals surface area contributed by atoms with Crippen molar-refractivity contribution in [3.63, 3.8) is 0 Å². The fraction of sp³-hybridized carbons (Fsp3) is 0.278. The van der Waals surface area contributed by atoms with Crippen molar-refractivity contribution in [3.8, 4) is 6.07 Å². The van der Waals surface area contributed by atoms with Gasteiger partial charge in [-0.25, -0.2) is 4.79 Å². The molecule has 0 saturated heterocycles. The Morgan fingerprint density at radius 3 is 2.82 bits per heavy atom. The summed E-state index contributed by atoms with van der Waals surface area (Å²) in [5.74, 6) is -1.48. The van der Waals surface area contributed by atoms with E-state index >= 15 is 0 Å². The first-order valence-corrected chi connectivity index (χ1v) is 9.55. The lowest BCUT2D eigenvalue weighted by atomic mass is 9.96. The van der Waals surface area contributed by atoms with E-state index in [1.54, 1.807) is 0 Å². The van der Waals surface area contributed by atoms with Gasteiger partial charge in [0.05, 0.1) is 16.1 Å². The summed E-state index contributed by atoms with van der Waals surface area (Å²) in [6.45, 7) is -0.581. The van der Waals surface area contributed by atoms with Crippen molar-refractivity contribution < 1.29 is 19.2 Å². The van der Waals surface area contributed by atoms with Crippen LogP contribution in [0.25, 0.3) is 0 Å². The summed E-state index contributed by atoms with van der Waals surface area (Å²) < 4.78 is 4.92. The molecular formula is C18H14ClN3O5S. The number of ether oxygens (including phenoxy) is 1. The number of benzene rings is 1. The number of carbonyl (C=O) groups is 2. The highest BCUT2D eigenvalue weighted by atomic mass is 35.5. The summed E-state index contributed by atoms with van der Waals surface area (Å²) in [5.41, 5.74) is 0.934. The van der Waals surface area contributed by atoms with Crippen molar-refractivity contribution in [2.75, 3.05) is 11.9 Å². The number of nitro groups is 1. The normalized spacial score (nSPS) is 12.6. The number of rotatable bonds is 5. The van der Waals surface area contributed by atoms with Gasteiger partial charge in [0.2, 0.25) is 0 Å². The molecule has 3 rings (SSSR count). The zero-order chi connectivity index (χ0) is 20.3. The number of anilines is 1. The van der Waals surface area contributed by atoms with Crippen LogP contribution in [0.15, 0.2) is 18.2 Å². The van der Waals surface area contributed by atoms with Crippen molar-refractivity contribution in [1.82, 2.24) is 0 Å². The molecule has 1 aliphatic carbocycles. The first-order valence-electron chi connectivity index (χ1n) is 8.36. The van der Waals surface area contributed by atoms with Crippen LogP contribution < -0.4 is 5.32 Å². The van der Waals surface area contributed by atoms with E-state index in [1.807, 2.05) is 0 Å². The van der Waals surface area contributed by atoms with Crippen LogP contribution in [-0.2, 0) is 22.4 Å². The number of nitriles is 1. The van der Waals surface area contributed by atoms with Gasteiger partial charge in [-0.1, -0.05) is 11.6 Å². The summed E-state index contributed by atoms with van der Waals surface area (Å²) in [5, 5.41) is 23.2. The largest absolute Gasteiger partial charge is 0.452 e. The number of thiophene rings is 1. The molecule has 0 saturated carbocycles. The molecule has 0 atom stereocenters. The Morgan fingerprint density at radius 1 is 1.36 bits per heavy atom. The molecule has 28 heavy (non-hydrogen) atoms. The number of halogens is 1. The number of nitro benzene ring substituents is 1. The molecule has 2 aromatic rings. The van der Waals surface area contributed by atoms with E-state index in [1.165, 1.54) is 23.5 Å². The predicted molar refractivity (Wildman–Crippen MR) is 103 cm³/mol. The van der Waals surface area contributed by atoms with Gasteiger partial charge in [0.1, 0.15) is 16.1 Å². The number of amides is 1. The van der Waals surface area contributed by atoms with Gasteiger partial charge >= 0.3 is 5.97 Å². The minimum absolute atomic E-state index is 0.0896. The predicted octanol–water partition coefficient (Wildman–Crippen LogP) is 3.86. The Bertz CT molecular complexity index is 1010. The maximum Gasteiger partial charge on any atom is 0.338 e. The van der Waals surface area contributed by atoms with Crippen molar-refractivity contribution in [1.29, 1.82) is 5.26 Å². The minimum Gasteiger partial charge on any atom is -0.452 e. The average molecular weight is 420 g/mol. The van der Waals surface area contributed by atoms with Crippen molar-refractivity contribution in [2.45, 2.75) is 25.7 Å². The fourth-order valence-electron chi connectivity index (χ4n) is 2.93. The van der Waals surface area contributed by atoms with Gasteiger partial charge in [-0.05, 0) is 43.4 Å². The smallest absolute Gasteiger partial charge is 0.338 e. The van der Waals surface area contributed by atoms with E-state index in [-0.39, 0.29) is 10.6 Å². The van der Waals surface area contributed by atoms with Gasteiger partial charge < -0.3 is 10.1 Å². The molecule has 10 heteroatoms. The third-order valence-electron chi connectivity index (χ3n) is 4.25. The van der Waals surface area contributed by atoms with E-state index < -0.39 is 29.1 Å². The second-order valence-corrected chi connectivity index (χ2v) is 7.59. The number of esters is 1. The lowest BCUT2D eigenvalue weighted by molar-refractivity contribution is -0.384. The number of hydrogen-bond acceptors (Lipinski definition) is 7. The van der Waals surface area contributed by atoms with Crippen molar-refractivity contribution in [2.24, 2.45) is 0 Å². The fourth-order valence-corrected chi connectivity index (χ4v) is 4.37. The Morgan fingerprint density at radius 2 is 2.11 bits per heavy atom. The molecule has 144 valence electrons. The second-order valence-electron chi connectivity index (χ2n) is 6.07. The van der Waals surface area contributed by atoms with E-state index in [2.05, 4.69) is 11.4 Å². The third kappa shape index (κ3) is 4.13. The Kier molecular flexibility index (Phi) is 5.92. The molecule has 0 radical (unpaired) electrons. The molecule has 0 aliphatic heterocycles. The van der Waals surface area contributed by atoms with Crippen LogP contribution in [0.2, 0.25) is 5.02 Å². The minimum atomic E-state index is -0.888. The highest BCUT2D eigenvalue weighted by Gasteiger charge is 2.22. The zero-order valence-corrected chi connectivity index (χ0v) is 16.1. The molecule has 1 N–H and O–H groups in total.